The third kappa shape index (κ3) is 2.47. The maximum Gasteiger partial charge on any atom is 0.118 e. The van der Waals surface area contributed by atoms with Gasteiger partial charge in [0.1, 0.15) is 5.75 Å². The minimum atomic E-state index is -0.641. The molecule has 1 N–H and O–H groups in total. The summed E-state index contributed by atoms with van der Waals surface area (Å²) in [7, 11) is 1.66. The molecule has 2 heteroatoms. The lowest BCUT2D eigenvalue weighted by molar-refractivity contribution is -0.0336. The summed E-state index contributed by atoms with van der Waals surface area (Å²) in [6.45, 7) is 4.51. The van der Waals surface area contributed by atoms with Crippen molar-refractivity contribution < 1.29 is 9.84 Å². The molecule has 1 fully saturated rings. The fourth-order valence-electron chi connectivity index (χ4n) is 2.75. The molecule has 1 aliphatic carbocycles. The molecule has 0 bridgehead atoms. The zero-order valence-corrected chi connectivity index (χ0v) is 10.9. The van der Waals surface area contributed by atoms with Crippen LogP contribution in [0.15, 0.2) is 24.3 Å². The molecule has 1 saturated carbocycles. The first-order chi connectivity index (χ1) is 8.05. The monoisotopic (exact) mass is 234 g/mol. The van der Waals surface area contributed by atoms with E-state index in [2.05, 4.69) is 13.8 Å². The van der Waals surface area contributed by atoms with Crippen molar-refractivity contribution in [1.29, 1.82) is 0 Å². The third-order valence-electron chi connectivity index (χ3n) is 4.27. The number of aliphatic hydroxyl groups is 1. The summed E-state index contributed by atoms with van der Waals surface area (Å²) in [5, 5.41) is 10.8. The average molecular weight is 234 g/mol. The van der Waals surface area contributed by atoms with E-state index in [1.807, 2.05) is 24.3 Å². The molecule has 3 unspecified atom stereocenters. The van der Waals surface area contributed by atoms with Gasteiger partial charge in [-0.2, -0.15) is 0 Å². The van der Waals surface area contributed by atoms with E-state index in [0.717, 1.165) is 30.6 Å². The van der Waals surface area contributed by atoms with Crippen molar-refractivity contribution in [3.8, 4) is 5.75 Å². The van der Waals surface area contributed by atoms with E-state index in [4.69, 9.17) is 4.74 Å². The molecule has 0 saturated heterocycles. The van der Waals surface area contributed by atoms with Gasteiger partial charge in [0.15, 0.2) is 0 Å². The van der Waals surface area contributed by atoms with Gasteiger partial charge in [0.2, 0.25) is 0 Å². The molecule has 3 atom stereocenters. The largest absolute Gasteiger partial charge is 0.497 e. The van der Waals surface area contributed by atoms with Crippen molar-refractivity contribution >= 4 is 0 Å². The summed E-state index contributed by atoms with van der Waals surface area (Å²) in [6.07, 6.45) is 2.83. The molecule has 1 aliphatic rings. The zero-order chi connectivity index (χ0) is 12.5. The van der Waals surface area contributed by atoms with Gasteiger partial charge in [-0.1, -0.05) is 26.0 Å². The Morgan fingerprint density at radius 2 is 1.82 bits per heavy atom. The third-order valence-corrected chi connectivity index (χ3v) is 4.27. The number of benzene rings is 1. The maximum atomic E-state index is 10.8. The molecule has 0 aliphatic heterocycles. The predicted molar refractivity (Wildman–Crippen MR) is 69.1 cm³/mol. The fourth-order valence-corrected chi connectivity index (χ4v) is 2.75. The van der Waals surface area contributed by atoms with Gasteiger partial charge in [-0.05, 0) is 48.8 Å². The first-order valence-corrected chi connectivity index (χ1v) is 6.42. The Hall–Kier alpha value is -1.02. The van der Waals surface area contributed by atoms with Crippen LogP contribution in [-0.2, 0) is 5.60 Å². The van der Waals surface area contributed by atoms with Crippen LogP contribution < -0.4 is 4.74 Å². The minimum absolute atomic E-state index is 0.579. The Bertz CT molecular complexity index is 371. The topological polar surface area (TPSA) is 29.5 Å². The zero-order valence-electron chi connectivity index (χ0n) is 10.9. The molecule has 2 nitrogen and oxygen atoms in total. The van der Waals surface area contributed by atoms with Crippen LogP contribution in [0.2, 0.25) is 0 Å². The van der Waals surface area contributed by atoms with E-state index < -0.39 is 5.60 Å². The van der Waals surface area contributed by atoms with Crippen molar-refractivity contribution in [2.45, 2.75) is 38.7 Å². The molecule has 2 rings (SSSR count). The molecule has 0 spiro atoms. The van der Waals surface area contributed by atoms with Gasteiger partial charge in [0.05, 0.1) is 12.7 Å². The Morgan fingerprint density at radius 1 is 1.18 bits per heavy atom. The molecule has 1 aromatic rings. The number of hydrogen-bond acceptors (Lipinski definition) is 2. The molecule has 94 valence electrons. The minimum Gasteiger partial charge on any atom is -0.497 e. The van der Waals surface area contributed by atoms with Crippen LogP contribution in [0, 0.1) is 11.8 Å². The Morgan fingerprint density at radius 3 is 2.35 bits per heavy atom. The summed E-state index contributed by atoms with van der Waals surface area (Å²) in [6, 6.07) is 7.83. The first-order valence-electron chi connectivity index (χ1n) is 6.42. The second kappa shape index (κ2) is 4.69. The Kier molecular flexibility index (Phi) is 3.43. The number of rotatable bonds is 2. The van der Waals surface area contributed by atoms with Gasteiger partial charge >= 0.3 is 0 Å². The van der Waals surface area contributed by atoms with Crippen molar-refractivity contribution in [1.82, 2.24) is 0 Å². The highest BCUT2D eigenvalue weighted by molar-refractivity contribution is 5.31. The van der Waals surface area contributed by atoms with Gasteiger partial charge in [0, 0.05) is 0 Å². The lowest BCUT2D eigenvalue weighted by Gasteiger charge is -2.39. The lowest BCUT2D eigenvalue weighted by Crippen LogP contribution is -2.35. The molecular formula is C15H22O2. The SMILES string of the molecule is COc1ccc(C2(O)CCC(C)C(C)C2)cc1. The van der Waals surface area contributed by atoms with Crippen LogP contribution in [0.3, 0.4) is 0 Å². The maximum absolute atomic E-state index is 10.8. The van der Waals surface area contributed by atoms with Gasteiger partial charge < -0.3 is 9.84 Å². The van der Waals surface area contributed by atoms with Crippen molar-refractivity contribution in [2.75, 3.05) is 7.11 Å². The van der Waals surface area contributed by atoms with Crippen LogP contribution in [-0.4, -0.2) is 12.2 Å². The summed E-state index contributed by atoms with van der Waals surface area (Å²) in [4.78, 5) is 0. The fraction of sp³-hybridized carbons (Fsp3) is 0.600. The van der Waals surface area contributed by atoms with Crippen LogP contribution in [0.5, 0.6) is 5.75 Å². The summed E-state index contributed by atoms with van der Waals surface area (Å²) in [5.41, 5.74) is 0.384. The van der Waals surface area contributed by atoms with Crippen LogP contribution in [0.4, 0.5) is 0 Å². The van der Waals surface area contributed by atoms with Gasteiger partial charge in [-0.3, -0.25) is 0 Å². The summed E-state index contributed by atoms with van der Waals surface area (Å²) in [5.74, 6) is 2.14. The second-order valence-electron chi connectivity index (χ2n) is 5.46. The molecule has 0 radical (unpaired) electrons. The van der Waals surface area contributed by atoms with Crippen LogP contribution >= 0.6 is 0 Å². The number of hydrogen-bond donors (Lipinski definition) is 1. The first kappa shape index (κ1) is 12.4. The lowest BCUT2D eigenvalue weighted by atomic mass is 9.70. The average Bonchev–Trinajstić information content (AvgIpc) is 2.34. The van der Waals surface area contributed by atoms with E-state index in [1.165, 1.54) is 0 Å². The van der Waals surface area contributed by atoms with Gasteiger partial charge in [0.25, 0.3) is 0 Å². The highest BCUT2D eigenvalue weighted by Crippen LogP contribution is 2.42. The van der Waals surface area contributed by atoms with E-state index in [0.29, 0.717) is 11.8 Å². The van der Waals surface area contributed by atoms with E-state index in [1.54, 1.807) is 7.11 Å². The van der Waals surface area contributed by atoms with Crippen molar-refractivity contribution in [3.05, 3.63) is 29.8 Å². The van der Waals surface area contributed by atoms with E-state index >= 15 is 0 Å². The summed E-state index contributed by atoms with van der Waals surface area (Å²) >= 11 is 0. The molecule has 1 aromatic carbocycles. The molecule has 17 heavy (non-hydrogen) atoms. The smallest absolute Gasteiger partial charge is 0.118 e. The quantitative estimate of drug-likeness (QED) is 0.850. The summed E-state index contributed by atoms with van der Waals surface area (Å²) < 4.78 is 5.15. The van der Waals surface area contributed by atoms with Crippen molar-refractivity contribution in [3.63, 3.8) is 0 Å². The van der Waals surface area contributed by atoms with Crippen LogP contribution in [0.1, 0.15) is 38.7 Å². The van der Waals surface area contributed by atoms with Crippen LogP contribution in [0.25, 0.3) is 0 Å². The molecular weight excluding hydrogens is 212 g/mol. The van der Waals surface area contributed by atoms with E-state index in [-0.39, 0.29) is 0 Å². The standard InChI is InChI=1S/C15H22O2/c1-11-8-9-15(16,10-12(11)2)13-4-6-14(17-3)7-5-13/h4-7,11-12,16H,8-10H2,1-3H3. The Labute approximate surface area is 104 Å². The highest BCUT2D eigenvalue weighted by Gasteiger charge is 2.37. The molecule has 0 aromatic heterocycles. The molecule has 0 amide bonds. The predicted octanol–water partition coefficient (Wildman–Crippen LogP) is 3.34. The number of ether oxygens (including phenoxy) is 1. The van der Waals surface area contributed by atoms with Crippen molar-refractivity contribution in [2.24, 2.45) is 11.8 Å². The number of methoxy groups -OCH3 is 1. The van der Waals surface area contributed by atoms with Gasteiger partial charge in [-0.15, -0.1) is 0 Å². The highest BCUT2D eigenvalue weighted by atomic mass is 16.5. The molecule has 0 heterocycles. The van der Waals surface area contributed by atoms with Gasteiger partial charge in [-0.25, -0.2) is 0 Å². The van der Waals surface area contributed by atoms with E-state index in [9.17, 15) is 5.11 Å². The normalized spacial score (nSPS) is 33.4. The Balaban J connectivity index is 2.19. The second-order valence-corrected chi connectivity index (χ2v) is 5.46.